The molecule has 3 aromatic rings. The summed E-state index contributed by atoms with van der Waals surface area (Å²) in [7, 11) is 0. The molecule has 5 rings (SSSR count). The second-order valence-corrected chi connectivity index (χ2v) is 10.1. The Labute approximate surface area is 198 Å². The average molecular weight is 474 g/mol. The first-order valence-electron chi connectivity index (χ1n) is 11.5. The van der Waals surface area contributed by atoms with Gasteiger partial charge < -0.3 is 14.2 Å². The summed E-state index contributed by atoms with van der Waals surface area (Å²) in [5.74, 6) is 2.37. The highest BCUT2D eigenvalue weighted by atomic mass is 35.5. The van der Waals surface area contributed by atoms with Crippen LogP contribution in [0.15, 0.2) is 24.3 Å². The van der Waals surface area contributed by atoms with Gasteiger partial charge in [-0.3, -0.25) is 0 Å². The molecule has 2 aromatic heterocycles. The van der Waals surface area contributed by atoms with Crippen molar-refractivity contribution in [1.29, 1.82) is 0 Å². The van der Waals surface area contributed by atoms with Crippen LogP contribution in [-0.2, 0) is 11.3 Å². The van der Waals surface area contributed by atoms with Crippen LogP contribution in [0.1, 0.15) is 39.5 Å². The Bertz CT molecular complexity index is 1110. The molecule has 0 N–H and O–H groups in total. The Morgan fingerprint density at radius 2 is 1.88 bits per heavy atom. The third-order valence-electron chi connectivity index (χ3n) is 6.85. The van der Waals surface area contributed by atoms with Gasteiger partial charge in [-0.2, -0.15) is 9.97 Å². The summed E-state index contributed by atoms with van der Waals surface area (Å²) in [6.07, 6.45) is 5.04. The molecule has 1 atom stereocenters. The van der Waals surface area contributed by atoms with Gasteiger partial charge in [-0.05, 0) is 55.3 Å². The fourth-order valence-corrected chi connectivity index (χ4v) is 5.38. The molecular formula is C24H29Cl2N5O. The normalized spacial score (nSPS) is 24.2. The third-order valence-corrected chi connectivity index (χ3v) is 7.26. The van der Waals surface area contributed by atoms with E-state index in [4.69, 9.17) is 32.9 Å². The van der Waals surface area contributed by atoms with E-state index in [2.05, 4.69) is 33.3 Å². The van der Waals surface area contributed by atoms with E-state index in [1.165, 1.54) is 25.7 Å². The molecule has 0 amide bonds. The lowest BCUT2D eigenvalue weighted by Crippen LogP contribution is -2.45. The summed E-state index contributed by atoms with van der Waals surface area (Å²) in [6.45, 7) is 7.64. The molecule has 3 heterocycles. The van der Waals surface area contributed by atoms with Crippen LogP contribution < -0.4 is 4.90 Å². The van der Waals surface area contributed by atoms with Gasteiger partial charge in [0.2, 0.25) is 11.2 Å². The van der Waals surface area contributed by atoms with Gasteiger partial charge in [-0.25, -0.2) is 4.98 Å². The molecule has 2 fully saturated rings. The molecule has 2 aliphatic rings. The van der Waals surface area contributed by atoms with E-state index >= 15 is 0 Å². The van der Waals surface area contributed by atoms with Crippen molar-refractivity contribution >= 4 is 40.3 Å². The van der Waals surface area contributed by atoms with Gasteiger partial charge in [0, 0.05) is 23.7 Å². The lowest BCUT2D eigenvalue weighted by Gasteiger charge is -2.35. The number of hydrogen-bond acceptors (Lipinski definition) is 5. The summed E-state index contributed by atoms with van der Waals surface area (Å²) < 4.78 is 8.03. The zero-order valence-corrected chi connectivity index (χ0v) is 20.1. The number of aromatic nitrogens is 4. The maximum atomic E-state index is 6.36. The van der Waals surface area contributed by atoms with Crippen LogP contribution in [-0.4, -0.2) is 45.3 Å². The smallest absolute Gasteiger partial charge is 0.225 e. The standard InChI is InChI=1S/C24H29Cl2N5O/c1-15-6-8-17(9-7-15)13-31-21-20(18-4-3-5-19(25)12-18)27-23(26)28-22(21)29-24(31)30-10-11-32-14-16(30)2/h3-5,12,15-17H,6-11,13-14H2,1-2H3/t15?,16-,17?/m0/s1. The molecule has 6 nitrogen and oxygen atoms in total. The Morgan fingerprint density at radius 3 is 2.62 bits per heavy atom. The first-order valence-corrected chi connectivity index (χ1v) is 12.3. The molecule has 1 saturated carbocycles. The van der Waals surface area contributed by atoms with Gasteiger partial charge in [0.1, 0.15) is 11.2 Å². The zero-order valence-electron chi connectivity index (χ0n) is 18.6. The highest BCUT2D eigenvalue weighted by molar-refractivity contribution is 6.31. The van der Waals surface area contributed by atoms with Crippen molar-refractivity contribution in [2.24, 2.45) is 11.8 Å². The molecule has 0 spiro atoms. The summed E-state index contributed by atoms with van der Waals surface area (Å²) >= 11 is 12.7. The minimum absolute atomic E-state index is 0.199. The van der Waals surface area contributed by atoms with E-state index in [1.807, 2.05) is 24.3 Å². The lowest BCUT2D eigenvalue weighted by atomic mass is 9.83. The molecule has 0 unspecified atom stereocenters. The van der Waals surface area contributed by atoms with Gasteiger partial charge in [0.15, 0.2) is 5.65 Å². The largest absolute Gasteiger partial charge is 0.377 e. The average Bonchev–Trinajstić information content (AvgIpc) is 3.12. The van der Waals surface area contributed by atoms with E-state index in [0.717, 1.165) is 41.7 Å². The number of hydrogen-bond donors (Lipinski definition) is 0. The quantitative estimate of drug-likeness (QED) is 0.444. The molecule has 1 aliphatic carbocycles. The summed E-state index contributed by atoms with van der Waals surface area (Å²) in [5.41, 5.74) is 3.28. The van der Waals surface area contributed by atoms with Crippen LogP contribution in [0.5, 0.6) is 0 Å². The second kappa shape index (κ2) is 9.16. The number of anilines is 1. The van der Waals surface area contributed by atoms with E-state index in [1.54, 1.807) is 0 Å². The van der Waals surface area contributed by atoms with Crippen LogP contribution in [0.3, 0.4) is 0 Å². The zero-order chi connectivity index (χ0) is 22.2. The van der Waals surface area contributed by atoms with Crippen molar-refractivity contribution in [1.82, 2.24) is 19.5 Å². The molecule has 0 radical (unpaired) electrons. The predicted molar refractivity (Wildman–Crippen MR) is 130 cm³/mol. The topological polar surface area (TPSA) is 56.1 Å². The molecule has 1 aromatic carbocycles. The Balaban J connectivity index is 1.67. The van der Waals surface area contributed by atoms with Crippen molar-refractivity contribution in [2.75, 3.05) is 24.7 Å². The highest BCUT2D eigenvalue weighted by Crippen LogP contribution is 2.36. The van der Waals surface area contributed by atoms with Crippen LogP contribution in [0.25, 0.3) is 22.4 Å². The fraction of sp³-hybridized carbons (Fsp3) is 0.542. The van der Waals surface area contributed by atoms with Gasteiger partial charge in [-0.1, -0.05) is 43.5 Å². The van der Waals surface area contributed by atoms with Crippen LogP contribution in [0, 0.1) is 11.8 Å². The summed E-state index contributed by atoms with van der Waals surface area (Å²) in [5, 5.41) is 0.866. The molecule has 170 valence electrons. The number of fused-ring (bicyclic) bond motifs is 1. The Hall–Kier alpha value is -1.89. The molecule has 1 saturated heterocycles. The molecule has 1 aliphatic heterocycles. The van der Waals surface area contributed by atoms with Crippen molar-refractivity contribution in [3.8, 4) is 11.3 Å². The third kappa shape index (κ3) is 4.33. The predicted octanol–water partition coefficient (Wildman–Crippen LogP) is 5.85. The minimum atomic E-state index is 0.199. The highest BCUT2D eigenvalue weighted by Gasteiger charge is 2.29. The van der Waals surface area contributed by atoms with Crippen molar-refractivity contribution in [2.45, 2.75) is 52.1 Å². The van der Waals surface area contributed by atoms with E-state index in [-0.39, 0.29) is 11.3 Å². The number of halogens is 2. The lowest BCUT2D eigenvalue weighted by molar-refractivity contribution is 0.0976. The first-order chi connectivity index (χ1) is 15.5. The SMILES string of the molecule is CC1CCC(Cn2c(N3CCOC[C@@H]3C)nc3nc(Cl)nc(-c4cccc(Cl)c4)c32)CC1. The van der Waals surface area contributed by atoms with Crippen molar-refractivity contribution < 1.29 is 4.74 Å². The minimum Gasteiger partial charge on any atom is -0.377 e. The maximum Gasteiger partial charge on any atom is 0.225 e. The monoisotopic (exact) mass is 473 g/mol. The van der Waals surface area contributed by atoms with Crippen LogP contribution in [0.2, 0.25) is 10.3 Å². The van der Waals surface area contributed by atoms with Gasteiger partial charge in [-0.15, -0.1) is 0 Å². The van der Waals surface area contributed by atoms with Gasteiger partial charge >= 0.3 is 0 Å². The van der Waals surface area contributed by atoms with Crippen LogP contribution in [0.4, 0.5) is 5.95 Å². The van der Waals surface area contributed by atoms with Crippen molar-refractivity contribution in [3.63, 3.8) is 0 Å². The van der Waals surface area contributed by atoms with E-state index < -0.39 is 0 Å². The molecular weight excluding hydrogens is 445 g/mol. The Kier molecular flexibility index (Phi) is 6.28. The fourth-order valence-electron chi connectivity index (χ4n) is 5.02. The Morgan fingerprint density at radius 1 is 1.06 bits per heavy atom. The number of imidazole rings is 1. The summed E-state index contributed by atoms with van der Waals surface area (Å²) in [4.78, 5) is 16.5. The molecule has 32 heavy (non-hydrogen) atoms. The first kappa shape index (κ1) is 21.9. The number of morpholine rings is 1. The van der Waals surface area contributed by atoms with Crippen LogP contribution >= 0.6 is 23.2 Å². The number of benzene rings is 1. The van der Waals surface area contributed by atoms with Crippen molar-refractivity contribution in [3.05, 3.63) is 34.6 Å². The van der Waals surface area contributed by atoms with Gasteiger partial charge in [0.05, 0.1) is 19.3 Å². The number of ether oxygens (including phenoxy) is 1. The number of rotatable bonds is 4. The van der Waals surface area contributed by atoms with E-state index in [9.17, 15) is 0 Å². The second-order valence-electron chi connectivity index (χ2n) is 9.29. The molecule has 8 heteroatoms. The summed E-state index contributed by atoms with van der Waals surface area (Å²) in [6, 6.07) is 7.99. The van der Waals surface area contributed by atoms with E-state index in [0.29, 0.717) is 29.8 Å². The van der Waals surface area contributed by atoms with Gasteiger partial charge in [0.25, 0.3) is 0 Å². The maximum absolute atomic E-state index is 6.36. The number of nitrogens with zero attached hydrogens (tertiary/aromatic N) is 5. The molecule has 0 bridgehead atoms.